The predicted octanol–water partition coefficient (Wildman–Crippen LogP) is 3.38. The lowest BCUT2D eigenvalue weighted by atomic mass is 10.3. The number of benzene rings is 1. The zero-order valence-electron chi connectivity index (χ0n) is 11.5. The third-order valence-corrected chi connectivity index (χ3v) is 3.89. The number of anilines is 1. The molecule has 0 amide bonds. The van der Waals surface area contributed by atoms with E-state index in [1.807, 2.05) is 43.3 Å². The fourth-order valence-electron chi connectivity index (χ4n) is 2.14. The van der Waals surface area contributed by atoms with Gasteiger partial charge in [-0.05, 0) is 46.6 Å². The fraction of sp³-hybridized carbons (Fsp3) is 0.125. The molecule has 0 bridgehead atoms. The molecule has 3 rings (SSSR count). The highest BCUT2D eigenvalue weighted by atomic mass is 79.9. The van der Waals surface area contributed by atoms with Crippen LogP contribution in [-0.2, 0) is 6.54 Å². The third kappa shape index (κ3) is 2.97. The van der Waals surface area contributed by atoms with Gasteiger partial charge in [0.15, 0.2) is 0 Å². The Kier molecular flexibility index (Phi) is 3.75. The fourth-order valence-corrected chi connectivity index (χ4v) is 2.56. The Morgan fingerprint density at radius 3 is 2.86 bits per heavy atom. The van der Waals surface area contributed by atoms with E-state index in [2.05, 4.69) is 26.2 Å². The van der Waals surface area contributed by atoms with Crippen molar-refractivity contribution < 1.29 is 0 Å². The maximum atomic E-state index is 12.1. The van der Waals surface area contributed by atoms with E-state index in [0.29, 0.717) is 12.2 Å². The van der Waals surface area contributed by atoms with Crippen molar-refractivity contribution in [3.05, 3.63) is 74.7 Å². The molecule has 1 N–H and O–H groups in total. The van der Waals surface area contributed by atoms with Crippen molar-refractivity contribution in [1.82, 2.24) is 9.38 Å². The molecule has 0 aliphatic carbocycles. The number of nitrogens with one attached hydrogen (secondary N) is 1. The third-order valence-electron chi connectivity index (χ3n) is 3.19. The van der Waals surface area contributed by atoms with Gasteiger partial charge in [-0.3, -0.25) is 9.20 Å². The van der Waals surface area contributed by atoms with Crippen LogP contribution in [0.1, 0.15) is 11.3 Å². The summed E-state index contributed by atoms with van der Waals surface area (Å²) in [5.74, 6) is 0. The first-order valence-corrected chi connectivity index (χ1v) is 7.40. The molecule has 0 radical (unpaired) electrons. The largest absolute Gasteiger partial charge is 0.378 e. The highest BCUT2D eigenvalue weighted by Gasteiger charge is 2.04. The topological polar surface area (TPSA) is 46.4 Å². The van der Waals surface area contributed by atoms with Crippen molar-refractivity contribution in [3.8, 4) is 0 Å². The summed E-state index contributed by atoms with van der Waals surface area (Å²) < 4.78 is 2.55. The molecule has 21 heavy (non-hydrogen) atoms. The SMILES string of the molecule is Cc1ccc2nc(CNc3ccccc3Br)cc(=O)n2c1. The monoisotopic (exact) mass is 343 g/mol. The molecule has 0 aliphatic rings. The van der Waals surface area contributed by atoms with Crippen molar-refractivity contribution in [2.45, 2.75) is 13.5 Å². The number of hydrogen-bond donors (Lipinski definition) is 1. The van der Waals surface area contributed by atoms with E-state index in [4.69, 9.17) is 0 Å². The number of rotatable bonds is 3. The first kappa shape index (κ1) is 13.8. The molecule has 106 valence electrons. The minimum atomic E-state index is -0.0624. The Balaban J connectivity index is 1.90. The van der Waals surface area contributed by atoms with E-state index in [1.54, 1.807) is 16.7 Å². The number of halogens is 1. The Morgan fingerprint density at radius 1 is 1.24 bits per heavy atom. The lowest BCUT2D eigenvalue weighted by Crippen LogP contribution is -2.17. The number of nitrogens with zero attached hydrogens (tertiary/aromatic N) is 2. The molecule has 0 spiro atoms. The minimum Gasteiger partial charge on any atom is -0.378 e. The number of aryl methyl sites for hydroxylation is 1. The predicted molar refractivity (Wildman–Crippen MR) is 87.7 cm³/mol. The Bertz CT molecular complexity index is 858. The van der Waals surface area contributed by atoms with Crippen LogP contribution in [0.25, 0.3) is 5.65 Å². The second-order valence-electron chi connectivity index (χ2n) is 4.85. The molecule has 5 heteroatoms. The van der Waals surface area contributed by atoms with Crippen LogP contribution >= 0.6 is 15.9 Å². The molecule has 2 heterocycles. The number of aromatic nitrogens is 2. The summed E-state index contributed by atoms with van der Waals surface area (Å²) in [6, 6.07) is 13.2. The summed E-state index contributed by atoms with van der Waals surface area (Å²) in [4.78, 5) is 16.6. The number of para-hydroxylation sites is 1. The van der Waals surface area contributed by atoms with Gasteiger partial charge in [0.05, 0.1) is 12.2 Å². The van der Waals surface area contributed by atoms with E-state index in [9.17, 15) is 4.79 Å². The van der Waals surface area contributed by atoms with Gasteiger partial charge in [0.2, 0.25) is 0 Å². The van der Waals surface area contributed by atoms with Crippen LogP contribution in [0, 0.1) is 6.92 Å². The molecule has 0 saturated heterocycles. The summed E-state index contributed by atoms with van der Waals surface area (Å²) in [7, 11) is 0. The van der Waals surface area contributed by atoms with Gasteiger partial charge < -0.3 is 5.32 Å². The lowest BCUT2D eigenvalue weighted by Gasteiger charge is -2.09. The first-order chi connectivity index (χ1) is 10.1. The van der Waals surface area contributed by atoms with Crippen molar-refractivity contribution >= 4 is 27.3 Å². The molecule has 0 atom stereocenters. The van der Waals surface area contributed by atoms with Crippen LogP contribution < -0.4 is 10.9 Å². The quantitative estimate of drug-likeness (QED) is 0.792. The van der Waals surface area contributed by atoms with E-state index in [0.717, 1.165) is 21.4 Å². The smallest absolute Gasteiger partial charge is 0.258 e. The number of hydrogen-bond acceptors (Lipinski definition) is 3. The van der Waals surface area contributed by atoms with Crippen molar-refractivity contribution in [2.24, 2.45) is 0 Å². The molecule has 0 unspecified atom stereocenters. The van der Waals surface area contributed by atoms with Crippen molar-refractivity contribution in [3.63, 3.8) is 0 Å². The summed E-state index contributed by atoms with van der Waals surface area (Å²) in [6.45, 7) is 2.45. The van der Waals surface area contributed by atoms with Gasteiger partial charge in [0, 0.05) is 22.4 Å². The Hall–Kier alpha value is -2.14. The molecule has 3 aromatic rings. The zero-order valence-corrected chi connectivity index (χ0v) is 13.1. The second-order valence-corrected chi connectivity index (χ2v) is 5.71. The van der Waals surface area contributed by atoms with E-state index >= 15 is 0 Å². The van der Waals surface area contributed by atoms with Crippen LogP contribution in [0.3, 0.4) is 0 Å². The molecule has 4 nitrogen and oxygen atoms in total. The Labute approximate surface area is 130 Å². The van der Waals surface area contributed by atoms with Crippen molar-refractivity contribution in [1.29, 1.82) is 0 Å². The minimum absolute atomic E-state index is 0.0624. The number of pyridine rings is 1. The van der Waals surface area contributed by atoms with Gasteiger partial charge in [-0.15, -0.1) is 0 Å². The molecule has 2 aromatic heterocycles. The van der Waals surface area contributed by atoms with Crippen LogP contribution in [-0.4, -0.2) is 9.38 Å². The second kappa shape index (κ2) is 5.69. The Morgan fingerprint density at radius 2 is 2.05 bits per heavy atom. The van der Waals surface area contributed by atoms with E-state index in [-0.39, 0.29) is 5.56 Å². The van der Waals surface area contributed by atoms with Gasteiger partial charge in [0.25, 0.3) is 5.56 Å². The standard InChI is InChI=1S/C16H14BrN3O/c1-11-6-7-15-19-12(8-16(21)20(15)10-11)9-18-14-5-3-2-4-13(14)17/h2-8,10,18H,9H2,1H3. The summed E-state index contributed by atoms with van der Waals surface area (Å²) in [5.41, 5.74) is 3.33. The van der Waals surface area contributed by atoms with Crippen LogP contribution in [0.2, 0.25) is 0 Å². The molecule has 0 saturated carbocycles. The normalized spacial score (nSPS) is 10.8. The summed E-state index contributed by atoms with van der Waals surface area (Å²) in [5, 5.41) is 3.27. The molecule has 0 aliphatic heterocycles. The average molecular weight is 344 g/mol. The van der Waals surface area contributed by atoms with E-state index < -0.39 is 0 Å². The lowest BCUT2D eigenvalue weighted by molar-refractivity contribution is 0.965. The van der Waals surface area contributed by atoms with Crippen LogP contribution in [0.15, 0.2) is 57.9 Å². The summed E-state index contributed by atoms with van der Waals surface area (Å²) in [6.07, 6.45) is 1.80. The highest BCUT2D eigenvalue weighted by Crippen LogP contribution is 2.21. The molecular weight excluding hydrogens is 330 g/mol. The maximum Gasteiger partial charge on any atom is 0.258 e. The van der Waals surface area contributed by atoms with Crippen LogP contribution in [0.4, 0.5) is 5.69 Å². The zero-order chi connectivity index (χ0) is 14.8. The van der Waals surface area contributed by atoms with Gasteiger partial charge in [-0.2, -0.15) is 0 Å². The first-order valence-electron chi connectivity index (χ1n) is 6.61. The summed E-state index contributed by atoms with van der Waals surface area (Å²) >= 11 is 3.48. The maximum absolute atomic E-state index is 12.1. The van der Waals surface area contributed by atoms with E-state index in [1.165, 1.54) is 0 Å². The number of fused-ring (bicyclic) bond motifs is 1. The average Bonchev–Trinajstić information content (AvgIpc) is 2.47. The van der Waals surface area contributed by atoms with Gasteiger partial charge in [-0.1, -0.05) is 18.2 Å². The van der Waals surface area contributed by atoms with Crippen LogP contribution in [0.5, 0.6) is 0 Å². The van der Waals surface area contributed by atoms with Gasteiger partial charge in [0.1, 0.15) is 5.65 Å². The highest BCUT2D eigenvalue weighted by molar-refractivity contribution is 9.10. The molecule has 1 aromatic carbocycles. The van der Waals surface area contributed by atoms with Crippen molar-refractivity contribution in [2.75, 3.05) is 5.32 Å². The van der Waals surface area contributed by atoms with Gasteiger partial charge in [-0.25, -0.2) is 4.98 Å². The molecule has 0 fully saturated rings. The molecular formula is C16H14BrN3O. The van der Waals surface area contributed by atoms with Gasteiger partial charge >= 0.3 is 0 Å².